The van der Waals surface area contributed by atoms with Crippen molar-refractivity contribution in [2.24, 2.45) is 0 Å². The molecule has 0 fully saturated rings. The van der Waals surface area contributed by atoms with E-state index in [9.17, 15) is 0 Å². The van der Waals surface area contributed by atoms with Gasteiger partial charge in [0.2, 0.25) is 0 Å². The van der Waals surface area contributed by atoms with E-state index >= 15 is 0 Å². The van der Waals surface area contributed by atoms with Crippen LogP contribution >= 0.6 is 23.4 Å². The number of nitrogens with zero attached hydrogens (tertiary/aromatic N) is 3. The monoisotopic (exact) mass is 357 g/mol. The Labute approximate surface area is 149 Å². The molecule has 0 radical (unpaired) electrons. The van der Waals surface area contributed by atoms with Crippen LogP contribution in [0.15, 0.2) is 34.6 Å². The summed E-state index contributed by atoms with van der Waals surface area (Å²) in [4.78, 5) is 13.0. The van der Waals surface area contributed by atoms with Gasteiger partial charge in [0.1, 0.15) is 5.52 Å². The van der Waals surface area contributed by atoms with E-state index < -0.39 is 0 Å². The summed E-state index contributed by atoms with van der Waals surface area (Å²) in [5.41, 5.74) is 2.56. The van der Waals surface area contributed by atoms with Crippen LogP contribution < -0.4 is 5.49 Å². The molecule has 0 aliphatic heterocycles. The van der Waals surface area contributed by atoms with Gasteiger partial charge in [0.05, 0.1) is 6.33 Å². The lowest BCUT2D eigenvalue weighted by molar-refractivity contribution is 0.653. The smallest absolute Gasteiger partial charge is 0.173 e. The molecule has 0 aliphatic rings. The summed E-state index contributed by atoms with van der Waals surface area (Å²) in [5.74, 6) is 2.63. The van der Waals surface area contributed by atoms with Crippen molar-refractivity contribution in [3.8, 4) is 12.3 Å². The first-order valence-electron chi connectivity index (χ1n) is 7.45. The third-order valence-electron chi connectivity index (χ3n) is 3.56. The second kappa shape index (κ2) is 7.12. The number of hydrogen-bond acceptors (Lipinski definition) is 4. The molecule has 2 aromatic heterocycles. The van der Waals surface area contributed by atoms with E-state index in [-0.39, 0.29) is 5.49 Å². The number of aryl methyl sites for hydroxylation is 2. The van der Waals surface area contributed by atoms with Gasteiger partial charge in [-0.2, -0.15) is 0 Å². The minimum absolute atomic E-state index is 0.185. The highest BCUT2D eigenvalue weighted by Crippen LogP contribution is 2.29. The summed E-state index contributed by atoms with van der Waals surface area (Å²) in [6, 6.07) is 5.84. The zero-order valence-electron chi connectivity index (χ0n) is 13.1. The normalized spacial score (nSPS) is 10.9. The van der Waals surface area contributed by atoms with Gasteiger partial charge < -0.3 is 9.55 Å². The van der Waals surface area contributed by atoms with Crippen molar-refractivity contribution in [2.75, 3.05) is 0 Å². The maximum absolute atomic E-state index is 7.97. The molecule has 0 aliphatic carbocycles. The molecular weight excluding hydrogens is 342 g/mol. The van der Waals surface area contributed by atoms with Crippen LogP contribution in [0.25, 0.3) is 11.2 Å². The van der Waals surface area contributed by atoms with Crippen LogP contribution in [0.2, 0.25) is 5.02 Å². The van der Waals surface area contributed by atoms with Crippen molar-refractivity contribution >= 4 is 34.5 Å². The number of H-pyrrole nitrogens is 1. The molecule has 0 atom stereocenters. The van der Waals surface area contributed by atoms with E-state index in [1.807, 2.05) is 29.7 Å². The summed E-state index contributed by atoms with van der Waals surface area (Å²) in [6.07, 6.45) is 8.49. The maximum Gasteiger partial charge on any atom is 0.173 e. The number of benzene rings is 1. The lowest BCUT2D eigenvalue weighted by Gasteiger charge is -2.04. The molecule has 0 saturated heterocycles. The average molecular weight is 358 g/mol. The first kappa shape index (κ1) is 16.6. The largest absolute Gasteiger partial charge is 0.328 e. The SMILES string of the molecule is C#CCCCn1cnc(=N)c2[nH]c(Sc3ccc(Cl)c(C)c3)nc21. The Morgan fingerprint density at radius 3 is 3.04 bits per heavy atom. The van der Waals surface area contributed by atoms with Crippen molar-refractivity contribution in [3.63, 3.8) is 0 Å². The molecule has 0 spiro atoms. The molecule has 0 bridgehead atoms. The highest BCUT2D eigenvalue weighted by atomic mass is 35.5. The van der Waals surface area contributed by atoms with Crippen LogP contribution in [0.4, 0.5) is 0 Å². The van der Waals surface area contributed by atoms with Crippen LogP contribution in [-0.4, -0.2) is 19.5 Å². The van der Waals surface area contributed by atoms with E-state index in [0.717, 1.165) is 39.3 Å². The number of terminal acetylenes is 1. The molecule has 0 unspecified atom stereocenters. The van der Waals surface area contributed by atoms with Gasteiger partial charge in [-0.05, 0) is 37.1 Å². The molecule has 0 amide bonds. The molecule has 3 rings (SSSR count). The van der Waals surface area contributed by atoms with E-state index in [2.05, 4.69) is 20.9 Å². The van der Waals surface area contributed by atoms with Gasteiger partial charge >= 0.3 is 0 Å². The second-order valence-electron chi connectivity index (χ2n) is 5.35. The Morgan fingerprint density at radius 1 is 1.46 bits per heavy atom. The van der Waals surface area contributed by atoms with Crippen LogP contribution in [0.3, 0.4) is 0 Å². The first-order valence-corrected chi connectivity index (χ1v) is 8.65. The van der Waals surface area contributed by atoms with Crippen LogP contribution in [0, 0.1) is 24.7 Å². The lowest BCUT2D eigenvalue weighted by Crippen LogP contribution is -2.12. The number of imidazole rings is 1. The minimum atomic E-state index is 0.185. The van der Waals surface area contributed by atoms with Gasteiger partial charge in [-0.25, -0.2) is 9.97 Å². The molecule has 7 heteroatoms. The number of nitrogens with one attached hydrogen (secondary N) is 2. The molecular formula is C17H16ClN5S. The van der Waals surface area contributed by atoms with Crippen molar-refractivity contribution in [3.05, 3.63) is 40.6 Å². The Kier molecular flexibility index (Phi) is 4.93. The highest BCUT2D eigenvalue weighted by Gasteiger charge is 2.10. The van der Waals surface area contributed by atoms with Crippen molar-refractivity contribution in [2.45, 2.75) is 36.4 Å². The fourth-order valence-corrected chi connectivity index (χ4v) is 3.32. The number of aromatic amines is 1. The molecule has 5 nitrogen and oxygen atoms in total. The average Bonchev–Trinajstić information content (AvgIpc) is 2.98. The van der Waals surface area contributed by atoms with Crippen molar-refractivity contribution < 1.29 is 0 Å². The van der Waals surface area contributed by atoms with Crippen molar-refractivity contribution in [1.29, 1.82) is 5.41 Å². The summed E-state index contributed by atoms with van der Waals surface area (Å²) < 4.78 is 1.93. The van der Waals surface area contributed by atoms with Gasteiger partial charge in [0, 0.05) is 22.9 Å². The highest BCUT2D eigenvalue weighted by molar-refractivity contribution is 7.99. The van der Waals surface area contributed by atoms with Crippen molar-refractivity contribution in [1.82, 2.24) is 19.5 Å². The van der Waals surface area contributed by atoms with Gasteiger partial charge in [-0.1, -0.05) is 23.4 Å². The molecule has 24 heavy (non-hydrogen) atoms. The van der Waals surface area contributed by atoms with Gasteiger partial charge in [0.25, 0.3) is 0 Å². The Bertz CT molecular complexity index is 983. The van der Waals surface area contributed by atoms with Crippen LogP contribution in [0.5, 0.6) is 0 Å². The fraction of sp³-hybridized carbons (Fsp3) is 0.235. The van der Waals surface area contributed by atoms with Gasteiger partial charge in [-0.15, -0.1) is 12.3 Å². The van der Waals surface area contributed by atoms with Gasteiger partial charge in [-0.3, -0.25) is 5.41 Å². The third kappa shape index (κ3) is 3.48. The topological polar surface area (TPSA) is 70.3 Å². The minimum Gasteiger partial charge on any atom is -0.328 e. The Morgan fingerprint density at radius 2 is 2.29 bits per heavy atom. The zero-order chi connectivity index (χ0) is 17.1. The predicted molar refractivity (Wildman–Crippen MR) is 96.1 cm³/mol. The quantitative estimate of drug-likeness (QED) is 0.539. The second-order valence-corrected chi connectivity index (χ2v) is 6.82. The molecule has 1 aromatic carbocycles. The summed E-state index contributed by atoms with van der Waals surface area (Å²) in [7, 11) is 0. The standard InChI is InChI=1S/C17H16ClN5S/c1-3-4-5-8-23-10-20-15(19)14-16(23)22-17(21-14)24-12-6-7-13(18)11(2)9-12/h1,6-7,9-10,19H,4-5,8H2,2H3,(H,21,22). The molecule has 3 aromatic rings. The summed E-state index contributed by atoms with van der Waals surface area (Å²) in [5, 5.41) is 9.44. The Hall–Kier alpha value is -2.23. The van der Waals surface area contributed by atoms with E-state index in [1.54, 1.807) is 6.33 Å². The zero-order valence-corrected chi connectivity index (χ0v) is 14.7. The van der Waals surface area contributed by atoms with E-state index in [1.165, 1.54) is 11.8 Å². The van der Waals surface area contributed by atoms with E-state index in [4.69, 9.17) is 23.4 Å². The third-order valence-corrected chi connectivity index (χ3v) is 4.86. The lowest BCUT2D eigenvalue weighted by atomic mass is 10.2. The predicted octanol–water partition coefficient (Wildman–Crippen LogP) is 3.77. The van der Waals surface area contributed by atoms with Crippen LogP contribution in [-0.2, 0) is 6.54 Å². The molecule has 2 heterocycles. The number of aromatic nitrogens is 4. The Balaban J connectivity index is 1.93. The number of fused-ring (bicyclic) bond motifs is 1. The molecule has 122 valence electrons. The van der Waals surface area contributed by atoms with Gasteiger partial charge in [0.15, 0.2) is 16.3 Å². The number of hydrogen-bond donors (Lipinski definition) is 2. The number of unbranched alkanes of at least 4 members (excludes halogenated alkanes) is 1. The van der Waals surface area contributed by atoms with E-state index in [0.29, 0.717) is 11.9 Å². The number of rotatable bonds is 5. The fourth-order valence-electron chi connectivity index (χ4n) is 2.32. The summed E-state index contributed by atoms with van der Waals surface area (Å²) in [6.45, 7) is 2.69. The number of halogens is 1. The summed E-state index contributed by atoms with van der Waals surface area (Å²) >= 11 is 7.57. The van der Waals surface area contributed by atoms with Crippen LogP contribution in [0.1, 0.15) is 18.4 Å². The molecule has 0 saturated carbocycles. The first-order chi connectivity index (χ1) is 11.6. The maximum atomic E-state index is 7.97. The molecule has 2 N–H and O–H groups in total.